The molecule has 96 valence electrons. The molecule has 18 heavy (non-hydrogen) atoms. The highest BCUT2D eigenvalue weighted by atomic mass is 35.5. The van der Waals surface area contributed by atoms with E-state index in [0.717, 1.165) is 20.2 Å². The smallest absolute Gasteiger partial charge is 0.111 e. The number of aromatic nitrogens is 1. The molecule has 0 amide bonds. The average molecular weight is 281 g/mol. The number of nitrogens with two attached hydrogens (primary N) is 1. The maximum Gasteiger partial charge on any atom is 0.111 e. The van der Waals surface area contributed by atoms with Crippen LogP contribution in [0.15, 0.2) is 18.2 Å². The highest BCUT2D eigenvalue weighted by Gasteiger charge is 2.24. The number of hydrogen-bond acceptors (Lipinski definition) is 3. The summed E-state index contributed by atoms with van der Waals surface area (Å²) in [5, 5.41) is 1.83. The van der Waals surface area contributed by atoms with Crippen molar-refractivity contribution in [2.75, 3.05) is 0 Å². The van der Waals surface area contributed by atoms with Crippen molar-refractivity contribution in [3.63, 3.8) is 0 Å². The number of fused-ring (bicyclic) bond motifs is 1. The van der Waals surface area contributed by atoms with Gasteiger partial charge in [0.1, 0.15) is 5.01 Å². The van der Waals surface area contributed by atoms with Crippen molar-refractivity contribution < 1.29 is 0 Å². The van der Waals surface area contributed by atoms with E-state index in [-0.39, 0.29) is 6.04 Å². The third-order valence-corrected chi connectivity index (χ3v) is 5.46. The Morgan fingerprint density at radius 1 is 1.28 bits per heavy atom. The topological polar surface area (TPSA) is 38.9 Å². The second-order valence-electron chi connectivity index (χ2n) is 5.06. The summed E-state index contributed by atoms with van der Waals surface area (Å²) in [6.45, 7) is 0. The molecule has 1 aliphatic rings. The van der Waals surface area contributed by atoms with Crippen molar-refractivity contribution in [1.29, 1.82) is 0 Å². The van der Waals surface area contributed by atoms with Crippen LogP contribution in [0.4, 0.5) is 0 Å². The van der Waals surface area contributed by atoms with Crippen LogP contribution in [-0.4, -0.2) is 4.98 Å². The van der Waals surface area contributed by atoms with Crippen molar-refractivity contribution in [1.82, 2.24) is 4.98 Å². The summed E-state index contributed by atoms with van der Waals surface area (Å²) in [5.41, 5.74) is 7.37. The lowest BCUT2D eigenvalue weighted by Gasteiger charge is -2.25. The first kappa shape index (κ1) is 12.4. The summed E-state index contributed by atoms with van der Waals surface area (Å²) in [6, 6.07) is 5.95. The van der Waals surface area contributed by atoms with E-state index in [2.05, 4.69) is 4.98 Å². The number of thiazole rings is 1. The Morgan fingerprint density at radius 3 is 2.78 bits per heavy atom. The molecule has 1 atom stereocenters. The highest BCUT2D eigenvalue weighted by Crippen LogP contribution is 2.37. The minimum absolute atomic E-state index is 0.0822. The molecule has 1 aromatic heterocycles. The summed E-state index contributed by atoms with van der Waals surface area (Å²) >= 11 is 7.85. The number of hydrogen-bond donors (Lipinski definition) is 1. The minimum atomic E-state index is 0.0822. The molecule has 1 aliphatic carbocycles. The maximum absolute atomic E-state index is 6.39. The molecular weight excluding hydrogens is 264 g/mol. The van der Waals surface area contributed by atoms with Crippen molar-refractivity contribution >= 4 is 33.2 Å². The first-order valence-corrected chi connectivity index (χ1v) is 7.75. The van der Waals surface area contributed by atoms with Crippen molar-refractivity contribution in [3.05, 3.63) is 28.2 Å². The normalized spacial score (nSPS) is 19.2. The van der Waals surface area contributed by atoms with Gasteiger partial charge in [0.05, 0.1) is 21.3 Å². The first-order chi connectivity index (χ1) is 8.75. The zero-order chi connectivity index (χ0) is 12.5. The first-order valence-electron chi connectivity index (χ1n) is 6.56. The third kappa shape index (κ3) is 2.27. The van der Waals surface area contributed by atoms with E-state index in [1.165, 1.54) is 32.1 Å². The highest BCUT2D eigenvalue weighted by molar-refractivity contribution is 7.19. The number of nitrogens with zero attached hydrogens (tertiary/aromatic N) is 1. The Bertz CT molecular complexity index is 546. The summed E-state index contributed by atoms with van der Waals surface area (Å²) in [6.07, 6.45) is 6.46. The van der Waals surface area contributed by atoms with Crippen LogP contribution in [0.25, 0.3) is 10.2 Å². The Labute approximate surface area is 116 Å². The molecule has 4 heteroatoms. The van der Waals surface area contributed by atoms with E-state index in [4.69, 9.17) is 17.3 Å². The Morgan fingerprint density at radius 2 is 2.06 bits per heavy atom. The molecule has 2 nitrogen and oxygen atoms in total. The van der Waals surface area contributed by atoms with E-state index < -0.39 is 0 Å². The molecule has 1 fully saturated rings. The van der Waals surface area contributed by atoms with E-state index >= 15 is 0 Å². The predicted octanol–water partition coefficient (Wildman–Crippen LogP) is 4.53. The SMILES string of the molecule is NC(c1nc2cccc(Cl)c2s1)C1CCCCC1. The van der Waals surface area contributed by atoms with Crippen LogP contribution in [0.3, 0.4) is 0 Å². The monoisotopic (exact) mass is 280 g/mol. The molecule has 2 aromatic rings. The van der Waals surface area contributed by atoms with Gasteiger partial charge < -0.3 is 5.73 Å². The van der Waals surface area contributed by atoms with E-state index in [0.29, 0.717) is 5.92 Å². The van der Waals surface area contributed by atoms with Crippen LogP contribution in [0.1, 0.15) is 43.2 Å². The summed E-state index contributed by atoms with van der Waals surface area (Å²) < 4.78 is 1.07. The van der Waals surface area contributed by atoms with Crippen LogP contribution >= 0.6 is 22.9 Å². The maximum atomic E-state index is 6.39. The van der Waals surface area contributed by atoms with Gasteiger partial charge in [-0.05, 0) is 30.9 Å². The van der Waals surface area contributed by atoms with Crippen LogP contribution < -0.4 is 5.73 Å². The Hall–Kier alpha value is -0.640. The van der Waals surface area contributed by atoms with Crippen molar-refractivity contribution in [2.24, 2.45) is 11.7 Å². The van der Waals surface area contributed by atoms with E-state index in [9.17, 15) is 0 Å². The lowest BCUT2D eigenvalue weighted by atomic mass is 9.84. The lowest BCUT2D eigenvalue weighted by molar-refractivity contribution is 0.308. The fourth-order valence-electron chi connectivity index (χ4n) is 2.77. The molecule has 0 bridgehead atoms. The van der Waals surface area contributed by atoms with Gasteiger partial charge in [-0.1, -0.05) is 36.9 Å². The van der Waals surface area contributed by atoms with Crippen molar-refractivity contribution in [3.8, 4) is 0 Å². The molecule has 3 rings (SSSR count). The summed E-state index contributed by atoms with van der Waals surface area (Å²) in [5.74, 6) is 0.595. The molecule has 0 saturated heterocycles. The molecule has 0 aliphatic heterocycles. The minimum Gasteiger partial charge on any atom is -0.322 e. The van der Waals surface area contributed by atoms with Crippen LogP contribution in [0, 0.1) is 5.92 Å². The second kappa shape index (κ2) is 5.16. The van der Waals surface area contributed by atoms with Gasteiger partial charge in [-0.2, -0.15) is 0 Å². The zero-order valence-corrected chi connectivity index (χ0v) is 11.8. The molecule has 2 N–H and O–H groups in total. The standard InChI is InChI=1S/C14H17ClN2S/c15-10-7-4-8-11-13(10)18-14(17-11)12(16)9-5-2-1-3-6-9/h4,7-9,12H,1-3,5-6,16H2. The number of halogens is 1. The zero-order valence-electron chi connectivity index (χ0n) is 10.2. The summed E-state index contributed by atoms with van der Waals surface area (Å²) in [4.78, 5) is 4.66. The van der Waals surface area contributed by atoms with E-state index in [1.807, 2.05) is 18.2 Å². The molecule has 0 spiro atoms. The fourth-order valence-corrected chi connectivity index (χ4v) is 4.12. The van der Waals surface area contributed by atoms with E-state index in [1.54, 1.807) is 11.3 Å². The van der Waals surface area contributed by atoms with Gasteiger partial charge in [0, 0.05) is 0 Å². The average Bonchev–Trinajstić information content (AvgIpc) is 2.84. The Balaban J connectivity index is 1.91. The van der Waals surface area contributed by atoms with Gasteiger partial charge in [0.25, 0.3) is 0 Å². The van der Waals surface area contributed by atoms with Gasteiger partial charge >= 0.3 is 0 Å². The fraction of sp³-hybridized carbons (Fsp3) is 0.500. The number of benzene rings is 1. The number of rotatable bonds is 2. The van der Waals surface area contributed by atoms with Gasteiger partial charge in [-0.3, -0.25) is 0 Å². The quantitative estimate of drug-likeness (QED) is 0.878. The molecule has 1 saturated carbocycles. The predicted molar refractivity (Wildman–Crippen MR) is 78.1 cm³/mol. The molecular formula is C14H17ClN2S. The second-order valence-corrected chi connectivity index (χ2v) is 6.50. The largest absolute Gasteiger partial charge is 0.322 e. The third-order valence-electron chi connectivity index (χ3n) is 3.83. The molecule has 1 unspecified atom stereocenters. The van der Waals surface area contributed by atoms with Gasteiger partial charge in [0.2, 0.25) is 0 Å². The molecule has 1 heterocycles. The summed E-state index contributed by atoms with van der Waals surface area (Å²) in [7, 11) is 0. The Kier molecular flexibility index (Phi) is 3.55. The molecule has 1 aromatic carbocycles. The van der Waals surface area contributed by atoms with Crippen LogP contribution in [0.2, 0.25) is 5.02 Å². The van der Waals surface area contributed by atoms with Gasteiger partial charge in [-0.25, -0.2) is 4.98 Å². The van der Waals surface area contributed by atoms with Gasteiger partial charge in [-0.15, -0.1) is 11.3 Å². The molecule has 0 radical (unpaired) electrons. The van der Waals surface area contributed by atoms with Crippen molar-refractivity contribution in [2.45, 2.75) is 38.1 Å². The van der Waals surface area contributed by atoms with Gasteiger partial charge in [0.15, 0.2) is 0 Å². The van der Waals surface area contributed by atoms with Crippen LogP contribution in [0.5, 0.6) is 0 Å². The lowest BCUT2D eigenvalue weighted by Crippen LogP contribution is -2.23. The van der Waals surface area contributed by atoms with Crippen LogP contribution in [-0.2, 0) is 0 Å².